The third-order valence-electron chi connectivity index (χ3n) is 14.3. The minimum atomic E-state index is -4.16. The lowest BCUT2D eigenvalue weighted by Gasteiger charge is -2.44. The summed E-state index contributed by atoms with van der Waals surface area (Å²) in [5.41, 5.74) is 3.76. The monoisotopic (exact) mass is 961 g/mol. The number of carbonyl (C=O) groups excluding carboxylic acids is 2. The highest BCUT2D eigenvalue weighted by Crippen LogP contribution is 2.63. The Kier molecular flexibility index (Phi) is 14.8. The van der Waals surface area contributed by atoms with Gasteiger partial charge in [-0.05, 0) is 70.9 Å². The Balaban J connectivity index is 1.34. The molecule has 3 aromatic rings. The Morgan fingerprint density at radius 2 is 1.24 bits per heavy atom. The maximum Gasteiger partial charge on any atom is 0.302 e. The quantitative estimate of drug-likeness (QED) is 0.0639. The van der Waals surface area contributed by atoms with Gasteiger partial charge in [-0.3, -0.25) is 9.59 Å². The smallest absolute Gasteiger partial charge is 0.302 e. The van der Waals surface area contributed by atoms with Crippen LogP contribution in [0, 0.1) is 11.3 Å². The van der Waals surface area contributed by atoms with E-state index in [2.05, 4.69) is 102 Å². The van der Waals surface area contributed by atoms with Gasteiger partial charge in [0, 0.05) is 95.6 Å². The van der Waals surface area contributed by atoms with Crippen molar-refractivity contribution in [2.24, 2.45) is 0 Å². The van der Waals surface area contributed by atoms with Gasteiger partial charge < -0.3 is 37.8 Å². The molecular weight excluding hydrogens is 894 g/mol. The van der Waals surface area contributed by atoms with Crippen LogP contribution < -0.4 is 14.5 Å². The van der Waals surface area contributed by atoms with Gasteiger partial charge in [0.2, 0.25) is 10.0 Å². The number of esters is 2. The van der Waals surface area contributed by atoms with E-state index in [1.165, 1.54) is 13.8 Å². The molecule has 0 saturated heterocycles. The van der Waals surface area contributed by atoms with Gasteiger partial charge in [-0.1, -0.05) is 45.9 Å². The van der Waals surface area contributed by atoms with Gasteiger partial charge in [0.15, 0.2) is 0 Å². The molecule has 0 aromatic heterocycles. The summed E-state index contributed by atoms with van der Waals surface area (Å²) in [5.74, 6) is 0.332. The molecule has 4 aliphatic heterocycles. The van der Waals surface area contributed by atoms with Crippen molar-refractivity contribution in [2.45, 2.75) is 135 Å². The van der Waals surface area contributed by atoms with Crippen molar-refractivity contribution >= 4 is 41.9 Å². The number of anilines is 2. The molecule has 7 rings (SSSR count). The SMILES string of the molecule is CC(=O)OCCN1c2cc3c(cc2C(C)(C)C1C)C1(c2cc4c(cc2O3)N(CCOC(C)=O)C(C)C4(C)C)c2ccccc2S(=O)(=O)N1CCOCCOP(OCCC#N)N(C(C)C)C(C)C. The summed E-state index contributed by atoms with van der Waals surface area (Å²) in [6, 6.07) is 18.0. The minimum absolute atomic E-state index is 0.00419. The molecule has 1 spiro atoms. The normalized spacial score (nSPS) is 22.0. The number of nitrogens with zero attached hydrogens (tertiary/aromatic N) is 5. The van der Waals surface area contributed by atoms with Crippen LogP contribution in [0.1, 0.15) is 117 Å². The van der Waals surface area contributed by atoms with Gasteiger partial charge in [-0.2, -0.15) is 9.57 Å². The van der Waals surface area contributed by atoms with Crippen LogP contribution in [0.25, 0.3) is 0 Å². The zero-order chi connectivity index (χ0) is 48.8. The van der Waals surface area contributed by atoms with E-state index in [-0.39, 0.29) is 93.6 Å². The van der Waals surface area contributed by atoms with Crippen LogP contribution in [0.5, 0.6) is 11.5 Å². The van der Waals surface area contributed by atoms with Gasteiger partial charge in [0.25, 0.3) is 8.53 Å². The molecule has 67 heavy (non-hydrogen) atoms. The first-order valence-corrected chi connectivity index (χ1v) is 26.0. The fraction of sp³-hybridized carbons (Fsp3) is 0.580. The van der Waals surface area contributed by atoms with E-state index in [0.29, 0.717) is 41.3 Å². The number of ether oxygens (including phenoxy) is 4. The summed E-state index contributed by atoms with van der Waals surface area (Å²) >= 11 is 0. The average molecular weight is 962 g/mol. The number of rotatable bonds is 19. The highest BCUT2D eigenvalue weighted by molar-refractivity contribution is 7.89. The highest BCUT2D eigenvalue weighted by atomic mass is 32.2. The lowest BCUT2D eigenvalue weighted by atomic mass is 9.71. The Bertz CT molecular complexity index is 2400. The molecule has 0 saturated carbocycles. The summed E-state index contributed by atoms with van der Waals surface area (Å²) in [4.78, 5) is 28.4. The lowest BCUT2D eigenvalue weighted by molar-refractivity contribution is -0.141. The molecule has 3 unspecified atom stereocenters. The first kappa shape index (κ1) is 50.5. The molecule has 17 heteroatoms. The maximum atomic E-state index is 15.4. The summed E-state index contributed by atoms with van der Waals surface area (Å²) in [5, 5.41) is 9.17. The van der Waals surface area contributed by atoms with Crippen molar-refractivity contribution in [1.82, 2.24) is 8.98 Å². The van der Waals surface area contributed by atoms with Gasteiger partial charge in [0.05, 0.1) is 56.9 Å². The van der Waals surface area contributed by atoms with Crippen LogP contribution in [-0.4, -0.2) is 113 Å². The van der Waals surface area contributed by atoms with E-state index < -0.39 is 34.9 Å². The molecule has 3 aromatic carbocycles. The molecular formula is C50H68N5O10PS. The van der Waals surface area contributed by atoms with E-state index in [1.54, 1.807) is 16.4 Å². The van der Waals surface area contributed by atoms with Crippen LogP contribution in [0.15, 0.2) is 53.4 Å². The van der Waals surface area contributed by atoms with Crippen molar-refractivity contribution in [1.29, 1.82) is 5.26 Å². The lowest BCUT2D eigenvalue weighted by Crippen LogP contribution is -2.49. The third kappa shape index (κ3) is 8.95. The van der Waals surface area contributed by atoms with Crippen LogP contribution in [0.2, 0.25) is 0 Å². The number of carbonyl (C=O) groups is 2. The van der Waals surface area contributed by atoms with Gasteiger partial charge in [0.1, 0.15) is 30.3 Å². The fourth-order valence-electron chi connectivity index (χ4n) is 10.5. The molecule has 0 amide bonds. The van der Waals surface area contributed by atoms with Crippen LogP contribution >= 0.6 is 8.53 Å². The summed E-state index contributed by atoms with van der Waals surface area (Å²) in [7, 11) is -5.64. The number of hydrogen-bond donors (Lipinski definition) is 0. The predicted molar refractivity (Wildman–Crippen MR) is 258 cm³/mol. The van der Waals surface area contributed by atoms with Crippen molar-refractivity contribution in [3.63, 3.8) is 0 Å². The molecule has 0 fully saturated rings. The van der Waals surface area contributed by atoms with E-state index in [0.717, 1.165) is 22.5 Å². The number of nitriles is 1. The summed E-state index contributed by atoms with van der Waals surface area (Å²) in [6.07, 6.45) is 0.246. The van der Waals surface area contributed by atoms with Crippen molar-refractivity contribution in [3.8, 4) is 17.6 Å². The van der Waals surface area contributed by atoms with Gasteiger partial charge in [-0.25, -0.2) is 13.1 Å². The first-order chi connectivity index (χ1) is 31.6. The number of hydrogen-bond acceptors (Lipinski definition) is 14. The van der Waals surface area contributed by atoms with Gasteiger partial charge >= 0.3 is 11.9 Å². The van der Waals surface area contributed by atoms with Crippen molar-refractivity contribution in [3.05, 3.63) is 76.3 Å². The van der Waals surface area contributed by atoms with E-state index in [9.17, 15) is 9.59 Å². The molecule has 0 aliphatic carbocycles. The molecule has 4 heterocycles. The molecule has 4 aliphatic rings. The number of sulfonamides is 1. The molecule has 0 N–H and O–H groups in total. The molecule has 3 atom stereocenters. The summed E-state index contributed by atoms with van der Waals surface area (Å²) < 4.78 is 71.1. The van der Waals surface area contributed by atoms with E-state index in [4.69, 9.17) is 33.3 Å². The second-order valence-electron chi connectivity index (χ2n) is 19.5. The topological polar surface area (TPSA) is 160 Å². The second kappa shape index (κ2) is 19.6. The van der Waals surface area contributed by atoms with E-state index in [1.807, 2.05) is 24.3 Å². The molecule has 15 nitrogen and oxygen atoms in total. The fourth-order valence-corrected chi connectivity index (χ4v) is 14.0. The van der Waals surface area contributed by atoms with E-state index >= 15 is 8.42 Å². The second-order valence-corrected chi connectivity index (χ2v) is 22.8. The van der Waals surface area contributed by atoms with Crippen LogP contribution in [-0.2, 0) is 59.2 Å². The van der Waals surface area contributed by atoms with Gasteiger partial charge in [-0.15, -0.1) is 0 Å². The number of fused-ring (bicyclic) bond motifs is 8. The molecule has 0 radical (unpaired) electrons. The Labute approximate surface area is 398 Å². The standard InChI is InChI=1S/C50H68N5O10PS/c1-32(2)55(33(3)4)66(63-22-15-18-51)64-27-26-60-23-21-54-50(38-16-13-14-17-47(38)67(54,58)59)41-28-39-43(52(19-24-61-36(7)56)34(5)48(39,9)10)30-45(41)65-46-31-44-40(29-42(46)50)49(11,12)35(6)53(44)20-25-62-37(8)57/h13-14,16-17,28-35H,15,19-27H2,1-12H3. The predicted octanol–water partition coefficient (Wildman–Crippen LogP) is 8.50. The Morgan fingerprint density at radius 1 is 0.731 bits per heavy atom. The van der Waals surface area contributed by atoms with Crippen LogP contribution in [0.4, 0.5) is 11.4 Å². The highest BCUT2D eigenvalue weighted by Gasteiger charge is 2.61. The van der Waals surface area contributed by atoms with Crippen molar-refractivity contribution < 1.29 is 46.0 Å². The minimum Gasteiger partial charge on any atom is -0.464 e. The zero-order valence-electron chi connectivity index (χ0n) is 41.2. The Morgan fingerprint density at radius 3 is 1.73 bits per heavy atom. The first-order valence-electron chi connectivity index (χ1n) is 23.4. The Hall–Kier alpha value is -4.33. The summed E-state index contributed by atoms with van der Waals surface area (Å²) in [6.45, 7) is 26.2. The maximum absolute atomic E-state index is 15.4. The van der Waals surface area contributed by atoms with Crippen molar-refractivity contribution in [2.75, 3.05) is 69.1 Å². The largest absolute Gasteiger partial charge is 0.464 e. The third-order valence-corrected chi connectivity index (χ3v) is 18.3. The molecule has 0 bridgehead atoms. The van der Waals surface area contributed by atoms with Crippen LogP contribution in [0.3, 0.4) is 0 Å². The number of benzene rings is 3. The molecule has 364 valence electrons. The zero-order valence-corrected chi connectivity index (χ0v) is 42.9. The average Bonchev–Trinajstić information content (AvgIpc) is 3.66.